The van der Waals surface area contributed by atoms with Gasteiger partial charge in [0.15, 0.2) is 0 Å². The molecule has 0 radical (unpaired) electrons. The molecule has 0 aromatic carbocycles. The maximum atomic E-state index is 11.9. The normalized spacial score (nSPS) is 23.2. The third-order valence-corrected chi connectivity index (χ3v) is 4.54. The molecule has 0 aliphatic heterocycles. The first kappa shape index (κ1) is 19.3. The fourth-order valence-corrected chi connectivity index (χ4v) is 3.03. The van der Waals surface area contributed by atoms with E-state index in [1.807, 2.05) is 20.8 Å². The number of hydrogen-bond acceptors (Lipinski definition) is 3. The number of hydrogen-bond donors (Lipinski definition) is 1. The molecule has 1 saturated carbocycles. The third-order valence-electron chi connectivity index (χ3n) is 4.54. The zero-order valence-corrected chi connectivity index (χ0v) is 15.7. The van der Waals surface area contributed by atoms with E-state index in [1.165, 1.54) is 25.7 Å². The molecule has 1 rings (SSSR count). The number of carbonyl (C=O) groups excluding carboxylic acids is 1. The van der Waals surface area contributed by atoms with Gasteiger partial charge < -0.3 is 15.0 Å². The Morgan fingerprint density at radius 3 is 2.09 bits per heavy atom. The van der Waals surface area contributed by atoms with Crippen LogP contribution in [-0.4, -0.2) is 42.8 Å². The highest BCUT2D eigenvalue weighted by Gasteiger charge is 2.29. The highest BCUT2D eigenvalue weighted by molar-refractivity contribution is 5.67. The van der Waals surface area contributed by atoms with E-state index in [2.05, 4.69) is 26.1 Å². The molecule has 0 heterocycles. The SMILES string of the molecule is CN(CCNC1CCC(C(C)(C)C)CC1)C(=O)OC(C)(C)C. The van der Waals surface area contributed by atoms with Gasteiger partial charge in [0.2, 0.25) is 0 Å². The lowest BCUT2D eigenvalue weighted by Gasteiger charge is -2.37. The summed E-state index contributed by atoms with van der Waals surface area (Å²) in [6.07, 6.45) is 4.87. The molecule has 1 N–H and O–H groups in total. The van der Waals surface area contributed by atoms with Gasteiger partial charge in [-0.2, -0.15) is 0 Å². The molecule has 130 valence electrons. The van der Waals surface area contributed by atoms with Gasteiger partial charge in [-0.15, -0.1) is 0 Å². The molecule has 0 saturated heterocycles. The van der Waals surface area contributed by atoms with Gasteiger partial charge in [-0.05, 0) is 57.8 Å². The van der Waals surface area contributed by atoms with Gasteiger partial charge in [-0.3, -0.25) is 0 Å². The number of amides is 1. The smallest absolute Gasteiger partial charge is 0.410 e. The van der Waals surface area contributed by atoms with Crippen LogP contribution in [0.25, 0.3) is 0 Å². The number of carbonyl (C=O) groups is 1. The van der Waals surface area contributed by atoms with E-state index in [0.717, 1.165) is 12.5 Å². The van der Waals surface area contributed by atoms with Crippen LogP contribution in [0, 0.1) is 11.3 Å². The van der Waals surface area contributed by atoms with Crippen LogP contribution in [0.3, 0.4) is 0 Å². The molecular weight excluding hydrogens is 276 g/mol. The summed E-state index contributed by atoms with van der Waals surface area (Å²) in [7, 11) is 1.80. The zero-order chi connectivity index (χ0) is 17.0. The third kappa shape index (κ3) is 6.99. The Balaban J connectivity index is 2.22. The van der Waals surface area contributed by atoms with Gasteiger partial charge in [0, 0.05) is 26.2 Å². The molecule has 0 aromatic heterocycles. The van der Waals surface area contributed by atoms with Crippen molar-refractivity contribution >= 4 is 6.09 Å². The summed E-state index contributed by atoms with van der Waals surface area (Å²) in [5.74, 6) is 0.843. The van der Waals surface area contributed by atoms with Crippen molar-refractivity contribution in [2.45, 2.75) is 78.9 Å². The number of likely N-dealkylation sites (N-methyl/N-ethyl adjacent to an activating group) is 1. The van der Waals surface area contributed by atoms with E-state index in [1.54, 1.807) is 11.9 Å². The molecule has 0 unspecified atom stereocenters. The first-order valence-electron chi connectivity index (χ1n) is 8.66. The lowest BCUT2D eigenvalue weighted by atomic mass is 9.71. The lowest BCUT2D eigenvalue weighted by molar-refractivity contribution is 0.0298. The van der Waals surface area contributed by atoms with Crippen LogP contribution >= 0.6 is 0 Å². The predicted octanol–water partition coefficient (Wildman–Crippen LogP) is 4.05. The molecule has 1 aliphatic rings. The standard InChI is InChI=1S/C18H36N2O2/c1-17(2,3)14-8-10-15(11-9-14)19-12-13-20(7)16(21)22-18(4,5)6/h14-15,19H,8-13H2,1-7H3. The van der Waals surface area contributed by atoms with E-state index in [4.69, 9.17) is 4.74 Å². The minimum absolute atomic E-state index is 0.245. The van der Waals surface area contributed by atoms with Crippen LogP contribution in [-0.2, 0) is 4.74 Å². The molecule has 0 atom stereocenters. The van der Waals surface area contributed by atoms with Crippen molar-refractivity contribution in [1.29, 1.82) is 0 Å². The second kappa shape index (κ2) is 7.67. The Morgan fingerprint density at radius 1 is 1.09 bits per heavy atom. The first-order valence-corrected chi connectivity index (χ1v) is 8.66. The molecule has 1 aliphatic carbocycles. The van der Waals surface area contributed by atoms with E-state index >= 15 is 0 Å². The molecule has 1 amide bonds. The van der Waals surface area contributed by atoms with Crippen molar-refractivity contribution in [3.05, 3.63) is 0 Å². The number of rotatable bonds is 4. The van der Waals surface area contributed by atoms with Crippen LogP contribution in [0.1, 0.15) is 67.2 Å². The minimum atomic E-state index is -0.426. The van der Waals surface area contributed by atoms with Gasteiger partial charge in [0.1, 0.15) is 5.60 Å². The van der Waals surface area contributed by atoms with Gasteiger partial charge in [0.05, 0.1) is 0 Å². The molecule has 0 bridgehead atoms. The summed E-state index contributed by atoms with van der Waals surface area (Å²) < 4.78 is 5.35. The highest BCUT2D eigenvalue weighted by Crippen LogP contribution is 2.37. The van der Waals surface area contributed by atoms with Crippen molar-refractivity contribution in [3.8, 4) is 0 Å². The summed E-state index contributed by atoms with van der Waals surface area (Å²) in [4.78, 5) is 13.5. The second-order valence-electron chi connectivity index (χ2n) is 8.77. The van der Waals surface area contributed by atoms with Crippen molar-refractivity contribution in [2.75, 3.05) is 20.1 Å². The minimum Gasteiger partial charge on any atom is -0.444 e. The van der Waals surface area contributed by atoms with Crippen LogP contribution in [0.4, 0.5) is 4.79 Å². The maximum absolute atomic E-state index is 11.9. The summed E-state index contributed by atoms with van der Waals surface area (Å²) in [5, 5.41) is 3.59. The highest BCUT2D eigenvalue weighted by atomic mass is 16.6. The van der Waals surface area contributed by atoms with Crippen molar-refractivity contribution < 1.29 is 9.53 Å². The van der Waals surface area contributed by atoms with Crippen molar-refractivity contribution in [1.82, 2.24) is 10.2 Å². The average Bonchev–Trinajstić information content (AvgIpc) is 2.36. The van der Waals surface area contributed by atoms with Gasteiger partial charge in [-0.1, -0.05) is 20.8 Å². The van der Waals surface area contributed by atoms with Crippen LogP contribution < -0.4 is 5.32 Å². The monoisotopic (exact) mass is 312 g/mol. The van der Waals surface area contributed by atoms with E-state index in [-0.39, 0.29) is 6.09 Å². The van der Waals surface area contributed by atoms with E-state index < -0.39 is 5.60 Å². The molecule has 22 heavy (non-hydrogen) atoms. The van der Waals surface area contributed by atoms with Crippen LogP contribution in [0.15, 0.2) is 0 Å². The molecule has 0 aromatic rings. The van der Waals surface area contributed by atoms with Crippen molar-refractivity contribution in [2.24, 2.45) is 11.3 Å². The molecule has 4 heteroatoms. The van der Waals surface area contributed by atoms with Gasteiger partial charge in [-0.25, -0.2) is 4.79 Å². The molecule has 0 spiro atoms. The van der Waals surface area contributed by atoms with Gasteiger partial charge >= 0.3 is 6.09 Å². The maximum Gasteiger partial charge on any atom is 0.410 e. The predicted molar refractivity (Wildman–Crippen MR) is 92.1 cm³/mol. The molecular formula is C18H36N2O2. The second-order valence-corrected chi connectivity index (χ2v) is 8.77. The first-order chi connectivity index (χ1) is 9.99. The Hall–Kier alpha value is -0.770. The summed E-state index contributed by atoms with van der Waals surface area (Å²) in [5.41, 5.74) is 0.00596. The number of nitrogens with one attached hydrogen (secondary N) is 1. The summed E-state index contributed by atoms with van der Waals surface area (Å²) in [6, 6.07) is 0.602. The number of ether oxygens (including phenoxy) is 1. The average molecular weight is 312 g/mol. The van der Waals surface area contributed by atoms with Crippen molar-refractivity contribution in [3.63, 3.8) is 0 Å². The summed E-state index contributed by atoms with van der Waals surface area (Å²) in [6.45, 7) is 14.2. The van der Waals surface area contributed by atoms with Crippen LogP contribution in [0.5, 0.6) is 0 Å². The fourth-order valence-electron chi connectivity index (χ4n) is 3.03. The largest absolute Gasteiger partial charge is 0.444 e. The number of nitrogens with zero attached hydrogens (tertiary/aromatic N) is 1. The Morgan fingerprint density at radius 2 is 1.64 bits per heavy atom. The Kier molecular flexibility index (Phi) is 6.72. The Bertz CT molecular complexity index is 347. The summed E-state index contributed by atoms with van der Waals surface area (Å²) >= 11 is 0. The quantitative estimate of drug-likeness (QED) is 0.851. The van der Waals surface area contributed by atoms with E-state index in [9.17, 15) is 4.79 Å². The fraction of sp³-hybridized carbons (Fsp3) is 0.944. The zero-order valence-electron chi connectivity index (χ0n) is 15.7. The van der Waals surface area contributed by atoms with Gasteiger partial charge in [0.25, 0.3) is 0 Å². The molecule has 1 fully saturated rings. The van der Waals surface area contributed by atoms with E-state index in [0.29, 0.717) is 18.0 Å². The Labute approximate surface area is 137 Å². The molecule has 4 nitrogen and oxygen atoms in total. The lowest BCUT2D eigenvalue weighted by Crippen LogP contribution is -2.42. The topological polar surface area (TPSA) is 41.6 Å². The van der Waals surface area contributed by atoms with Crippen LogP contribution in [0.2, 0.25) is 0 Å².